The summed E-state index contributed by atoms with van der Waals surface area (Å²) in [6.45, 7) is 1.83. The number of ether oxygens (including phenoxy) is 1. The third-order valence-electron chi connectivity index (χ3n) is 5.12. The number of hydrogen-bond donors (Lipinski definition) is 1. The number of halogens is 2. The Balaban J connectivity index is 0.00000205. The van der Waals surface area contributed by atoms with Crippen LogP contribution in [0.1, 0.15) is 24.6 Å². The maximum absolute atomic E-state index is 15.2. The van der Waals surface area contributed by atoms with Gasteiger partial charge in [-0.25, -0.2) is 4.39 Å². The number of nitrogens with zero attached hydrogens (tertiary/aromatic N) is 2. The Kier molecular flexibility index (Phi) is 4.71. The van der Waals surface area contributed by atoms with Crippen molar-refractivity contribution in [2.24, 2.45) is 0 Å². The number of pyridine rings is 2. The Morgan fingerprint density at radius 2 is 2.07 bits per heavy atom. The second kappa shape index (κ2) is 6.96. The summed E-state index contributed by atoms with van der Waals surface area (Å²) in [6.07, 6.45) is 3.48. The van der Waals surface area contributed by atoms with Gasteiger partial charge in [0.25, 0.3) is 5.56 Å². The number of methoxy groups -OCH3 is 1. The normalized spacial score (nSPS) is 13.6. The first kappa shape index (κ1) is 19.6. The minimum Gasteiger partial charge on any atom is -0.494 e. The number of aromatic amines is 1. The summed E-state index contributed by atoms with van der Waals surface area (Å²) >= 11 is 1.13. The summed E-state index contributed by atoms with van der Waals surface area (Å²) in [4.78, 5) is 30.0. The lowest BCUT2D eigenvalue weighted by Crippen LogP contribution is -2.16. The Hall–Kier alpha value is -2.71. The van der Waals surface area contributed by atoms with Crippen LogP contribution >= 0.6 is 23.9 Å². The highest BCUT2D eigenvalue weighted by Crippen LogP contribution is 2.45. The third kappa shape index (κ3) is 2.86. The number of aromatic nitrogens is 3. The zero-order chi connectivity index (χ0) is 19.6. The minimum atomic E-state index is -0.569. The molecule has 6 nitrogen and oxygen atoms in total. The summed E-state index contributed by atoms with van der Waals surface area (Å²) in [7, 11) is 1.47. The monoisotopic (exact) mass is 433 g/mol. The minimum absolute atomic E-state index is 0. The molecular weight excluding hydrogens is 417 g/mol. The van der Waals surface area contributed by atoms with Crippen LogP contribution in [0.25, 0.3) is 32.2 Å². The van der Waals surface area contributed by atoms with Gasteiger partial charge in [0.05, 0.1) is 23.6 Å². The first-order chi connectivity index (χ1) is 13.5. The fourth-order valence-corrected chi connectivity index (χ4v) is 4.70. The quantitative estimate of drug-likeness (QED) is 0.525. The average molecular weight is 434 g/mol. The number of nitrogens with one attached hydrogen (secondary N) is 1. The molecule has 1 aliphatic carbocycles. The van der Waals surface area contributed by atoms with Gasteiger partial charge in [-0.15, -0.1) is 12.4 Å². The number of rotatable bonds is 3. The molecular formula is C20H17ClFN3O3S. The second-order valence-corrected chi connectivity index (χ2v) is 7.79. The van der Waals surface area contributed by atoms with Crippen molar-refractivity contribution in [2.75, 3.05) is 7.11 Å². The summed E-state index contributed by atoms with van der Waals surface area (Å²) in [5, 5.41) is 0.241. The molecule has 3 heterocycles. The van der Waals surface area contributed by atoms with Crippen LogP contribution in [0, 0.1) is 12.7 Å². The predicted molar refractivity (Wildman–Crippen MR) is 114 cm³/mol. The van der Waals surface area contributed by atoms with Gasteiger partial charge < -0.3 is 9.30 Å². The summed E-state index contributed by atoms with van der Waals surface area (Å²) in [6, 6.07) is 4.87. The van der Waals surface area contributed by atoms with Gasteiger partial charge in [0, 0.05) is 17.9 Å². The summed E-state index contributed by atoms with van der Waals surface area (Å²) in [5.41, 5.74) is 1.28. The standard InChI is InChI=1S/C20H16FN3O3S.ClH/c1-9-7-10(5-6-22-9)14-13(21)8-12-16(18(14)27-2)24(11-3-4-11)20-15(17(12)25)19(26)23-28-20;/h5-8,11H,3-4H2,1-2H3,(H,23,26);1H. The van der Waals surface area contributed by atoms with Gasteiger partial charge in [0.1, 0.15) is 16.0 Å². The van der Waals surface area contributed by atoms with Gasteiger partial charge in [-0.05, 0) is 55.1 Å². The van der Waals surface area contributed by atoms with Gasteiger partial charge in [-0.1, -0.05) is 0 Å². The van der Waals surface area contributed by atoms with E-state index < -0.39 is 16.8 Å². The Morgan fingerprint density at radius 3 is 2.72 bits per heavy atom. The molecule has 1 N–H and O–H groups in total. The van der Waals surface area contributed by atoms with Crippen LogP contribution in [-0.4, -0.2) is 21.0 Å². The molecule has 3 aromatic heterocycles. The molecule has 0 unspecified atom stereocenters. The molecule has 4 aromatic rings. The van der Waals surface area contributed by atoms with Crippen LogP contribution in [0.2, 0.25) is 0 Å². The first-order valence-electron chi connectivity index (χ1n) is 8.90. The van der Waals surface area contributed by atoms with E-state index in [1.807, 2.05) is 11.5 Å². The largest absolute Gasteiger partial charge is 0.494 e. The van der Waals surface area contributed by atoms with Crippen molar-refractivity contribution in [1.29, 1.82) is 0 Å². The smallest absolute Gasteiger partial charge is 0.271 e. The predicted octanol–water partition coefficient (Wildman–Crippen LogP) is 4.18. The van der Waals surface area contributed by atoms with E-state index in [1.165, 1.54) is 13.2 Å². The van der Waals surface area contributed by atoms with Crippen molar-refractivity contribution >= 4 is 45.1 Å². The lowest BCUT2D eigenvalue weighted by molar-refractivity contribution is 0.416. The highest BCUT2D eigenvalue weighted by molar-refractivity contribution is 7.12. The zero-order valence-corrected chi connectivity index (χ0v) is 17.2. The van der Waals surface area contributed by atoms with Crippen LogP contribution in [0.5, 0.6) is 5.75 Å². The number of fused-ring (bicyclic) bond motifs is 2. The van der Waals surface area contributed by atoms with E-state index in [-0.39, 0.29) is 34.8 Å². The Bertz CT molecular complexity index is 1390. The van der Waals surface area contributed by atoms with E-state index in [0.717, 1.165) is 30.1 Å². The molecule has 0 radical (unpaired) electrons. The van der Waals surface area contributed by atoms with Gasteiger partial charge in [0.2, 0.25) is 5.43 Å². The van der Waals surface area contributed by atoms with Gasteiger partial charge in [-0.2, -0.15) is 0 Å². The van der Waals surface area contributed by atoms with Crippen LogP contribution in [0.4, 0.5) is 4.39 Å². The second-order valence-electron chi connectivity index (χ2n) is 6.99. The molecule has 0 bridgehead atoms. The maximum Gasteiger partial charge on any atom is 0.271 e. The number of H-pyrrole nitrogens is 1. The van der Waals surface area contributed by atoms with Gasteiger partial charge >= 0.3 is 0 Å². The van der Waals surface area contributed by atoms with Crippen molar-refractivity contribution in [3.05, 3.63) is 56.5 Å². The molecule has 0 atom stereocenters. The number of benzene rings is 1. The van der Waals surface area contributed by atoms with Crippen LogP contribution in [-0.2, 0) is 0 Å². The van der Waals surface area contributed by atoms with Crippen LogP contribution < -0.4 is 15.7 Å². The van der Waals surface area contributed by atoms with E-state index >= 15 is 4.39 Å². The lowest BCUT2D eigenvalue weighted by Gasteiger charge is -2.18. The fourth-order valence-electron chi connectivity index (χ4n) is 3.78. The van der Waals surface area contributed by atoms with Crippen molar-refractivity contribution in [1.82, 2.24) is 13.9 Å². The van der Waals surface area contributed by atoms with E-state index in [1.54, 1.807) is 18.3 Å². The highest BCUT2D eigenvalue weighted by Gasteiger charge is 2.31. The van der Waals surface area contributed by atoms with E-state index in [0.29, 0.717) is 21.7 Å². The summed E-state index contributed by atoms with van der Waals surface area (Å²) in [5.74, 6) is -0.271. The van der Waals surface area contributed by atoms with Crippen molar-refractivity contribution in [3.8, 4) is 16.9 Å². The highest BCUT2D eigenvalue weighted by atomic mass is 35.5. The molecule has 150 valence electrons. The number of aryl methyl sites for hydroxylation is 1. The van der Waals surface area contributed by atoms with Gasteiger partial charge in [0.15, 0.2) is 5.75 Å². The van der Waals surface area contributed by atoms with Gasteiger partial charge in [-0.3, -0.25) is 18.9 Å². The maximum atomic E-state index is 15.2. The van der Waals surface area contributed by atoms with Crippen molar-refractivity contribution < 1.29 is 9.13 Å². The van der Waals surface area contributed by atoms with E-state index in [9.17, 15) is 9.59 Å². The van der Waals surface area contributed by atoms with Crippen molar-refractivity contribution in [3.63, 3.8) is 0 Å². The molecule has 1 aromatic carbocycles. The molecule has 1 saturated carbocycles. The summed E-state index contributed by atoms with van der Waals surface area (Å²) < 4.78 is 25.5. The average Bonchev–Trinajstić information content (AvgIpc) is 3.43. The lowest BCUT2D eigenvalue weighted by atomic mass is 10.0. The SMILES string of the molecule is COc1c(-c2ccnc(C)c2)c(F)cc2c(=O)c3c(=O)[nH]sc3n(C3CC3)c12.Cl. The van der Waals surface area contributed by atoms with E-state index in [2.05, 4.69) is 9.36 Å². The van der Waals surface area contributed by atoms with Crippen LogP contribution in [0.15, 0.2) is 34.0 Å². The molecule has 9 heteroatoms. The fraction of sp³-hybridized carbons (Fsp3) is 0.250. The molecule has 0 aliphatic heterocycles. The molecule has 0 spiro atoms. The molecule has 0 saturated heterocycles. The molecule has 29 heavy (non-hydrogen) atoms. The Morgan fingerprint density at radius 1 is 1.31 bits per heavy atom. The van der Waals surface area contributed by atoms with Crippen LogP contribution in [0.3, 0.4) is 0 Å². The Labute approximate surface area is 174 Å². The third-order valence-corrected chi connectivity index (χ3v) is 6.00. The molecule has 5 rings (SSSR count). The first-order valence-corrected chi connectivity index (χ1v) is 9.71. The molecule has 1 fully saturated rings. The zero-order valence-electron chi connectivity index (χ0n) is 15.6. The molecule has 1 aliphatic rings. The van der Waals surface area contributed by atoms with E-state index in [4.69, 9.17) is 4.74 Å². The topological polar surface area (TPSA) is 77.0 Å². The van der Waals surface area contributed by atoms with Crippen molar-refractivity contribution in [2.45, 2.75) is 25.8 Å². The number of hydrogen-bond acceptors (Lipinski definition) is 5. The molecule has 0 amide bonds.